The van der Waals surface area contributed by atoms with Gasteiger partial charge < -0.3 is 9.47 Å². The molecule has 5 nitrogen and oxygen atoms in total. The summed E-state index contributed by atoms with van der Waals surface area (Å²) in [6, 6.07) is 46.4. The fourth-order valence-corrected chi connectivity index (χ4v) is 10.5. The predicted octanol–water partition coefficient (Wildman–Crippen LogP) is 33.1. The van der Waals surface area contributed by atoms with E-state index in [1.807, 2.05) is 141 Å². The normalized spacial score (nSPS) is 12.2. The van der Waals surface area contributed by atoms with E-state index in [-0.39, 0.29) is 60.9 Å². The second-order valence-electron chi connectivity index (χ2n) is 38.5. The number of rotatable bonds is 2. The molecule has 0 unspecified atom stereocenters. The molecule has 0 aliphatic heterocycles. The topological polar surface area (TPSA) is 89.8 Å². The Bertz CT molecular complexity index is 4990. The largest absolute Gasteiger partial charge is 0.573 e. The van der Waals surface area contributed by atoms with Crippen LogP contribution in [0, 0.1) is 75.8 Å². The summed E-state index contributed by atoms with van der Waals surface area (Å²) in [6.07, 6.45) is -22.9. The molecule has 9 aromatic rings. The van der Waals surface area contributed by atoms with E-state index in [0.29, 0.717) is 44.5 Å². The Balaban J connectivity index is 0.000000710. The van der Waals surface area contributed by atoms with E-state index in [1.54, 1.807) is 96.1 Å². The highest BCUT2D eigenvalue weighted by molar-refractivity contribution is 6.30. The third-order valence-electron chi connectivity index (χ3n) is 17.9. The van der Waals surface area contributed by atoms with Gasteiger partial charge in [-0.1, -0.05) is 253 Å². The molecule has 0 N–H and O–H groups in total. The van der Waals surface area contributed by atoms with E-state index in [2.05, 4.69) is 57.1 Å². The summed E-state index contributed by atoms with van der Waals surface area (Å²) in [4.78, 5) is 0. The van der Waals surface area contributed by atoms with Crippen LogP contribution in [0.15, 0.2) is 176 Å². The lowest BCUT2D eigenvalue weighted by molar-refractivity contribution is -0.276. The van der Waals surface area contributed by atoms with E-state index in [4.69, 9.17) is 27.4 Å². The van der Waals surface area contributed by atoms with Crippen molar-refractivity contribution in [2.45, 2.75) is 274 Å². The van der Waals surface area contributed by atoms with Gasteiger partial charge in [-0.15, -0.1) is 26.3 Å². The Morgan fingerprint density at radius 1 is 0.262 bits per heavy atom. The zero-order valence-corrected chi connectivity index (χ0v) is 77.0. The molecule has 0 spiro atoms. The molecule has 0 aliphatic rings. The first-order chi connectivity index (χ1) is 56.4. The first-order valence-corrected chi connectivity index (χ1v) is 39.6. The van der Waals surface area contributed by atoms with Crippen molar-refractivity contribution in [2.24, 2.45) is 0 Å². The summed E-state index contributed by atoms with van der Waals surface area (Å²) in [6.45, 7) is 54.0. The van der Waals surface area contributed by atoms with Gasteiger partial charge in [0.15, 0.2) is 11.6 Å². The van der Waals surface area contributed by atoms with Crippen molar-refractivity contribution in [3.63, 3.8) is 0 Å². The first kappa shape index (κ1) is 114. The highest BCUT2D eigenvalue weighted by Crippen LogP contribution is 2.39. The van der Waals surface area contributed by atoms with Crippen LogP contribution in [0.1, 0.15) is 276 Å². The molecule has 9 aromatic carbocycles. The molecule has 0 atom stereocenters. The summed E-state index contributed by atoms with van der Waals surface area (Å²) < 4.78 is 268. The van der Waals surface area contributed by atoms with E-state index >= 15 is 0 Å². The fourth-order valence-electron chi connectivity index (χ4n) is 10.3. The molecule has 0 bridgehead atoms. The van der Waals surface area contributed by atoms with E-state index in [0.717, 1.165) is 75.8 Å². The van der Waals surface area contributed by atoms with Crippen LogP contribution in [0.4, 0.5) is 92.2 Å². The number of alkyl halides is 15. The summed E-state index contributed by atoms with van der Waals surface area (Å²) in [5, 5.41) is 26.6. The van der Waals surface area contributed by atoms with Crippen molar-refractivity contribution in [1.82, 2.24) is 0 Å². The van der Waals surface area contributed by atoms with Crippen molar-refractivity contribution in [2.75, 3.05) is 0 Å². The number of ether oxygens (including phenoxy) is 2. The fraction of sp³-hybridized carbons (Fsp3) is 0.424. The van der Waals surface area contributed by atoms with Gasteiger partial charge in [-0.3, -0.25) is 0 Å². The van der Waals surface area contributed by atoms with Crippen LogP contribution in [0.3, 0.4) is 0 Å². The lowest BCUT2D eigenvalue weighted by Crippen LogP contribution is -2.19. The monoisotopic (exact) mass is 1810 g/mol. The molecule has 126 heavy (non-hydrogen) atoms. The molecule has 0 radical (unpaired) electrons. The standard InChI is InChI=1S/C11H12ClN.C11H12F4O.2C11H12F4.C11H13F3O.C11H13F3.2C11H12FN.C11H15F/c1-11(2,3)9-4-8(7-13)5-10(12)6-9;1-10(2,3)7-4-5-8(12)9(6-7)16-11(13,14)15;1-10(2,3)7-4-8(11(13,14)15)6-9(12)5-7;1-10(2,3)7-4-5-9(12)8(6-7)11(13,14)15;1-10(2,3)8-5-4-6-9(7-8)15-11(12,13)14;1-10(2,3)8-5-4-6-9(7-8)11(12,13)14;1-11(2,3)9-4-8(7-13)5-10(12)6-9;1-11(2,3)9-4-5-10(12)8(6-9)7-13;1-8-5-9(11(2,3)4)7-10(12)6-8/h4-6H,1-3H3;4-6H,1-3H3;2*4-6H,1-3H3;4-7H,1-3H3;4-7H,1-3H3;2*4-6H,1-3H3;5-7H,1-4H3. The van der Waals surface area contributed by atoms with Crippen molar-refractivity contribution in [3.8, 4) is 29.7 Å². The number of nitrogens with zero attached hydrogens (tertiary/aromatic N) is 3. The molecule has 690 valence electrons. The smallest absolute Gasteiger partial charge is 0.406 e. The molecule has 0 fully saturated rings. The molecule has 0 saturated carbocycles. The molecular formula is C99H113ClF21N3O2. The van der Waals surface area contributed by atoms with Gasteiger partial charge in [0.25, 0.3) is 0 Å². The number of nitriles is 3. The molecule has 27 heteroatoms. The van der Waals surface area contributed by atoms with Gasteiger partial charge >= 0.3 is 31.3 Å². The average Bonchev–Trinajstić information content (AvgIpc) is 0.802. The number of aryl methyl sites for hydroxylation is 1. The second-order valence-corrected chi connectivity index (χ2v) is 39.0. The van der Waals surface area contributed by atoms with Gasteiger partial charge in [0.2, 0.25) is 0 Å². The highest BCUT2D eigenvalue weighted by Gasteiger charge is 2.38. The summed E-state index contributed by atoms with van der Waals surface area (Å²) in [5.41, 5.74) is 4.46. The molecule has 0 aromatic heterocycles. The minimum Gasteiger partial charge on any atom is -0.406 e. The molecule has 0 heterocycles. The van der Waals surface area contributed by atoms with Gasteiger partial charge in [-0.2, -0.15) is 55.3 Å². The van der Waals surface area contributed by atoms with Gasteiger partial charge in [-0.05, 0) is 233 Å². The van der Waals surface area contributed by atoms with Crippen molar-refractivity contribution in [3.05, 3.63) is 305 Å². The van der Waals surface area contributed by atoms with Crippen molar-refractivity contribution >= 4 is 11.6 Å². The summed E-state index contributed by atoms with van der Waals surface area (Å²) >= 11 is 5.88. The molecule has 0 saturated heterocycles. The maximum absolute atomic E-state index is 13.1. The predicted molar refractivity (Wildman–Crippen MR) is 458 cm³/mol. The number of benzene rings is 9. The van der Waals surface area contributed by atoms with Crippen LogP contribution in [0.5, 0.6) is 11.5 Å². The third-order valence-corrected chi connectivity index (χ3v) is 18.1. The first-order valence-electron chi connectivity index (χ1n) is 39.2. The minimum absolute atomic E-state index is 0.0346. The van der Waals surface area contributed by atoms with Crippen molar-refractivity contribution in [1.29, 1.82) is 15.8 Å². The second kappa shape index (κ2) is 44.5. The lowest BCUT2D eigenvalue weighted by atomic mass is 9.86. The Labute approximate surface area is 734 Å². The lowest BCUT2D eigenvalue weighted by Gasteiger charge is -2.20. The number of hydrogen-bond donors (Lipinski definition) is 0. The van der Waals surface area contributed by atoms with E-state index < -0.39 is 87.8 Å². The van der Waals surface area contributed by atoms with Crippen LogP contribution in [0.2, 0.25) is 5.02 Å². The van der Waals surface area contributed by atoms with Gasteiger partial charge in [0.05, 0.1) is 45.5 Å². The quantitative estimate of drug-likeness (QED) is 0.161. The zero-order chi connectivity index (χ0) is 98.5. The van der Waals surface area contributed by atoms with Crippen LogP contribution in [-0.4, -0.2) is 12.7 Å². The average molecular weight is 1810 g/mol. The Morgan fingerprint density at radius 2 is 0.579 bits per heavy atom. The number of hydrogen-bond acceptors (Lipinski definition) is 5. The Morgan fingerprint density at radius 3 is 0.968 bits per heavy atom. The molecule has 9 rings (SSSR count). The minimum atomic E-state index is -4.88. The zero-order valence-electron chi connectivity index (χ0n) is 76.2. The van der Waals surface area contributed by atoms with Gasteiger partial charge in [0, 0.05) is 5.02 Å². The van der Waals surface area contributed by atoms with Gasteiger partial charge in [0.1, 0.15) is 40.9 Å². The maximum atomic E-state index is 13.1. The maximum Gasteiger partial charge on any atom is 0.573 e. The van der Waals surface area contributed by atoms with Gasteiger partial charge in [-0.25, -0.2) is 26.3 Å². The van der Waals surface area contributed by atoms with E-state index in [1.165, 1.54) is 54.6 Å². The summed E-state index contributed by atoms with van der Waals surface area (Å²) in [5.74, 6) is -5.00. The SMILES string of the molecule is CC(C)(C)c1cc(Cl)cc(C#N)c1.CC(C)(C)c1cc(F)cc(C#N)c1.CC(C)(C)c1cc(F)cc(C(F)(F)F)c1.CC(C)(C)c1ccc(F)c(C#N)c1.CC(C)(C)c1ccc(F)c(C(F)(F)F)c1.CC(C)(C)c1ccc(F)c(OC(F)(F)F)c1.CC(C)(C)c1cccc(C(F)(F)F)c1.CC(C)(C)c1cccc(OC(F)(F)F)c1.Cc1cc(F)cc(C(C)(C)C)c1. The Kier molecular flexibility index (Phi) is 40.3. The Hall–Kier alpha value is -10.1. The van der Waals surface area contributed by atoms with Crippen LogP contribution >= 0.6 is 11.6 Å². The molecule has 0 aliphatic carbocycles. The van der Waals surface area contributed by atoms with E-state index in [9.17, 15) is 92.2 Å². The van der Waals surface area contributed by atoms with Crippen molar-refractivity contribution < 1.29 is 102 Å². The highest BCUT2D eigenvalue weighted by atomic mass is 35.5. The molecule has 0 amide bonds. The van der Waals surface area contributed by atoms with Crippen LogP contribution < -0.4 is 9.47 Å². The number of halogens is 22. The third kappa shape index (κ3) is 42.4. The van der Waals surface area contributed by atoms with Crippen LogP contribution in [-0.2, 0) is 67.3 Å². The van der Waals surface area contributed by atoms with Crippen LogP contribution in [0.25, 0.3) is 0 Å². The summed E-state index contributed by atoms with van der Waals surface area (Å²) in [7, 11) is 0. The molecular weight excluding hydrogens is 1700 g/mol.